The monoisotopic (exact) mass is 253 g/mol. The second-order valence-corrected chi connectivity index (χ2v) is 5.55. The maximum Gasteiger partial charge on any atom is 0.304 e. The van der Waals surface area contributed by atoms with Crippen LogP contribution in [0.1, 0.15) is 43.5 Å². The SMILES string of the molecule is CCC(c1cccs1)N1CCCC1CC(=O)O. The highest BCUT2D eigenvalue weighted by molar-refractivity contribution is 7.10. The zero-order valence-electron chi connectivity index (χ0n) is 10.1. The summed E-state index contributed by atoms with van der Waals surface area (Å²) in [6.07, 6.45) is 3.48. The van der Waals surface area contributed by atoms with Crippen LogP contribution in [-0.4, -0.2) is 28.6 Å². The predicted molar refractivity (Wildman–Crippen MR) is 69.3 cm³/mol. The molecule has 0 aromatic carbocycles. The second kappa shape index (κ2) is 5.65. The first-order chi connectivity index (χ1) is 8.22. The van der Waals surface area contributed by atoms with E-state index in [0.717, 1.165) is 25.8 Å². The molecule has 0 spiro atoms. The first-order valence-corrected chi connectivity index (χ1v) is 7.11. The van der Waals surface area contributed by atoms with Crippen LogP contribution < -0.4 is 0 Å². The number of carbonyl (C=O) groups is 1. The summed E-state index contributed by atoms with van der Waals surface area (Å²) in [6.45, 7) is 3.22. The minimum absolute atomic E-state index is 0.222. The zero-order valence-corrected chi connectivity index (χ0v) is 10.9. The highest BCUT2D eigenvalue weighted by Gasteiger charge is 2.32. The van der Waals surface area contributed by atoms with Gasteiger partial charge in [-0.3, -0.25) is 9.69 Å². The number of rotatable bonds is 5. The summed E-state index contributed by atoms with van der Waals surface area (Å²) in [7, 11) is 0. The number of thiophene rings is 1. The third kappa shape index (κ3) is 2.87. The standard InChI is InChI=1S/C13H19NO2S/c1-2-11(12-6-4-8-17-12)14-7-3-5-10(14)9-13(15)16/h4,6,8,10-11H,2-3,5,7,9H2,1H3,(H,15,16). The van der Waals surface area contributed by atoms with Gasteiger partial charge in [0.2, 0.25) is 0 Å². The maximum absolute atomic E-state index is 10.9. The Morgan fingerprint density at radius 2 is 2.53 bits per heavy atom. The van der Waals surface area contributed by atoms with E-state index in [0.29, 0.717) is 6.04 Å². The van der Waals surface area contributed by atoms with Gasteiger partial charge >= 0.3 is 5.97 Å². The highest BCUT2D eigenvalue weighted by atomic mass is 32.1. The summed E-state index contributed by atoms with van der Waals surface area (Å²) in [5.74, 6) is -0.678. The lowest BCUT2D eigenvalue weighted by Gasteiger charge is -2.31. The van der Waals surface area contributed by atoms with Crippen LogP contribution in [0.4, 0.5) is 0 Å². The number of hydrogen-bond donors (Lipinski definition) is 1. The first kappa shape index (κ1) is 12.6. The maximum atomic E-state index is 10.9. The van der Waals surface area contributed by atoms with Gasteiger partial charge in [-0.15, -0.1) is 11.3 Å². The Morgan fingerprint density at radius 1 is 1.71 bits per heavy atom. The molecular weight excluding hydrogens is 234 g/mol. The first-order valence-electron chi connectivity index (χ1n) is 6.23. The van der Waals surface area contributed by atoms with Gasteiger partial charge in [0.15, 0.2) is 0 Å². The molecule has 0 radical (unpaired) electrons. The predicted octanol–water partition coefficient (Wildman–Crippen LogP) is 3.14. The molecule has 4 heteroatoms. The van der Waals surface area contributed by atoms with Crippen LogP contribution in [0.15, 0.2) is 17.5 Å². The smallest absolute Gasteiger partial charge is 0.304 e. The molecule has 1 aromatic rings. The minimum Gasteiger partial charge on any atom is -0.481 e. The van der Waals surface area contributed by atoms with E-state index in [2.05, 4.69) is 29.3 Å². The Hall–Kier alpha value is -0.870. The lowest BCUT2D eigenvalue weighted by Crippen LogP contribution is -2.34. The molecule has 1 saturated heterocycles. The lowest BCUT2D eigenvalue weighted by atomic mass is 10.1. The minimum atomic E-state index is -0.678. The van der Waals surface area contributed by atoms with Gasteiger partial charge in [-0.25, -0.2) is 0 Å². The molecule has 1 aromatic heterocycles. The molecule has 1 fully saturated rings. The van der Waals surface area contributed by atoms with E-state index in [9.17, 15) is 4.79 Å². The number of carboxylic acids is 1. The van der Waals surface area contributed by atoms with Crippen molar-refractivity contribution >= 4 is 17.3 Å². The number of hydrogen-bond acceptors (Lipinski definition) is 3. The molecule has 2 unspecified atom stereocenters. The summed E-state index contributed by atoms with van der Waals surface area (Å²) >= 11 is 1.77. The summed E-state index contributed by atoms with van der Waals surface area (Å²) < 4.78 is 0. The van der Waals surface area contributed by atoms with E-state index in [1.807, 2.05) is 0 Å². The van der Waals surface area contributed by atoms with Crippen molar-refractivity contribution in [1.29, 1.82) is 0 Å². The lowest BCUT2D eigenvalue weighted by molar-refractivity contribution is -0.138. The molecular formula is C13H19NO2S. The molecule has 2 atom stereocenters. The van der Waals surface area contributed by atoms with Gasteiger partial charge in [0.25, 0.3) is 0 Å². The third-order valence-corrected chi connectivity index (χ3v) is 4.47. The number of carboxylic acid groups (broad SMARTS) is 1. The fraction of sp³-hybridized carbons (Fsp3) is 0.615. The molecule has 0 saturated carbocycles. The van der Waals surface area contributed by atoms with Gasteiger partial charge < -0.3 is 5.11 Å². The summed E-state index contributed by atoms with van der Waals surface area (Å²) in [4.78, 5) is 14.6. The molecule has 1 aliphatic heterocycles. The van der Waals surface area contributed by atoms with Crippen LogP contribution in [0.3, 0.4) is 0 Å². The van der Waals surface area contributed by atoms with Crippen molar-refractivity contribution in [3.63, 3.8) is 0 Å². The van der Waals surface area contributed by atoms with Gasteiger partial charge in [-0.2, -0.15) is 0 Å². The van der Waals surface area contributed by atoms with Gasteiger partial charge in [0, 0.05) is 17.0 Å². The van der Waals surface area contributed by atoms with E-state index in [4.69, 9.17) is 5.11 Å². The molecule has 17 heavy (non-hydrogen) atoms. The van der Waals surface area contributed by atoms with Crippen LogP contribution in [0.25, 0.3) is 0 Å². The van der Waals surface area contributed by atoms with Crippen molar-refractivity contribution in [2.24, 2.45) is 0 Å². The number of aliphatic carboxylic acids is 1. The Morgan fingerprint density at radius 3 is 3.12 bits per heavy atom. The van der Waals surface area contributed by atoms with Gasteiger partial charge in [0.1, 0.15) is 0 Å². The van der Waals surface area contributed by atoms with Gasteiger partial charge in [-0.1, -0.05) is 13.0 Å². The molecule has 0 aliphatic carbocycles. The average molecular weight is 253 g/mol. The second-order valence-electron chi connectivity index (χ2n) is 4.57. The van der Waals surface area contributed by atoms with Gasteiger partial charge in [0.05, 0.1) is 6.42 Å². The summed E-state index contributed by atoms with van der Waals surface area (Å²) in [5, 5.41) is 11.1. The van der Waals surface area contributed by atoms with Crippen LogP contribution in [0.2, 0.25) is 0 Å². The zero-order chi connectivity index (χ0) is 12.3. The summed E-state index contributed by atoms with van der Waals surface area (Å²) in [6, 6.07) is 4.86. The molecule has 94 valence electrons. The van der Waals surface area contributed by atoms with Crippen molar-refractivity contribution < 1.29 is 9.90 Å². The average Bonchev–Trinajstić information content (AvgIpc) is 2.91. The Labute approximate surface area is 106 Å². The fourth-order valence-corrected chi connectivity index (χ4v) is 3.70. The number of nitrogens with zero attached hydrogens (tertiary/aromatic N) is 1. The molecule has 0 bridgehead atoms. The molecule has 0 amide bonds. The number of likely N-dealkylation sites (tertiary alicyclic amines) is 1. The topological polar surface area (TPSA) is 40.5 Å². The van der Waals surface area contributed by atoms with E-state index in [-0.39, 0.29) is 12.5 Å². The molecule has 2 rings (SSSR count). The van der Waals surface area contributed by atoms with Crippen LogP contribution in [0, 0.1) is 0 Å². The van der Waals surface area contributed by atoms with Crippen molar-refractivity contribution in [3.8, 4) is 0 Å². The van der Waals surface area contributed by atoms with Crippen molar-refractivity contribution in [3.05, 3.63) is 22.4 Å². The molecule has 1 N–H and O–H groups in total. The Balaban J connectivity index is 2.10. The van der Waals surface area contributed by atoms with Crippen LogP contribution >= 0.6 is 11.3 Å². The normalized spacial score (nSPS) is 22.8. The largest absolute Gasteiger partial charge is 0.481 e. The van der Waals surface area contributed by atoms with E-state index >= 15 is 0 Å². The van der Waals surface area contributed by atoms with Crippen molar-refractivity contribution in [2.45, 2.75) is 44.7 Å². The van der Waals surface area contributed by atoms with Crippen molar-refractivity contribution in [1.82, 2.24) is 4.90 Å². The van der Waals surface area contributed by atoms with E-state index in [1.54, 1.807) is 11.3 Å². The third-order valence-electron chi connectivity index (χ3n) is 3.49. The summed E-state index contributed by atoms with van der Waals surface area (Å²) in [5.41, 5.74) is 0. The Bertz CT molecular complexity index is 364. The fourth-order valence-electron chi connectivity index (χ4n) is 2.77. The van der Waals surface area contributed by atoms with E-state index in [1.165, 1.54) is 4.88 Å². The Kier molecular flexibility index (Phi) is 4.18. The van der Waals surface area contributed by atoms with E-state index < -0.39 is 5.97 Å². The highest BCUT2D eigenvalue weighted by Crippen LogP contribution is 2.34. The molecule has 3 nitrogen and oxygen atoms in total. The van der Waals surface area contributed by atoms with Crippen LogP contribution in [0.5, 0.6) is 0 Å². The van der Waals surface area contributed by atoms with Crippen molar-refractivity contribution in [2.75, 3.05) is 6.54 Å². The quantitative estimate of drug-likeness (QED) is 0.876. The molecule has 1 aliphatic rings. The molecule has 2 heterocycles. The van der Waals surface area contributed by atoms with Crippen LogP contribution in [-0.2, 0) is 4.79 Å². The van der Waals surface area contributed by atoms with Gasteiger partial charge in [-0.05, 0) is 37.3 Å².